The second-order valence-corrected chi connectivity index (χ2v) is 5.30. The van der Waals surface area contributed by atoms with Gasteiger partial charge in [0.15, 0.2) is 5.78 Å². The third-order valence-corrected chi connectivity index (χ3v) is 4.00. The molecule has 1 aromatic carbocycles. The Balaban J connectivity index is 1.84. The van der Waals surface area contributed by atoms with Crippen molar-refractivity contribution in [1.29, 1.82) is 0 Å². The molecule has 0 unspecified atom stereocenters. The Bertz CT molecular complexity index is 579. The molecule has 0 aliphatic carbocycles. The number of ether oxygens (including phenoxy) is 1. The summed E-state index contributed by atoms with van der Waals surface area (Å²) in [6, 6.07) is 3.90. The number of ketones is 1. The van der Waals surface area contributed by atoms with Crippen LogP contribution < -0.4 is 4.74 Å². The summed E-state index contributed by atoms with van der Waals surface area (Å²) in [6.45, 7) is 0.653. The minimum Gasteiger partial charge on any atom is -0.486 e. The van der Waals surface area contributed by atoms with Gasteiger partial charge in [0.05, 0.1) is 12.0 Å². The van der Waals surface area contributed by atoms with Crippen LogP contribution in [-0.4, -0.2) is 40.6 Å². The van der Waals surface area contributed by atoms with Crippen LogP contribution in [0.25, 0.3) is 0 Å². The van der Waals surface area contributed by atoms with Gasteiger partial charge in [0.2, 0.25) is 0 Å². The molecule has 0 saturated carbocycles. The molecular formula is C14H14FNO4. The van der Waals surface area contributed by atoms with Gasteiger partial charge in [-0.1, -0.05) is 0 Å². The van der Waals surface area contributed by atoms with Gasteiger partial charge in [0, 0.05) is 32.0 Å². The molecule has 0 bridgehead atoms. The third-order valence-electron chi connectivity index (χ3n) is 4.00. The number of hydrogen-bond donors (Lipinski definition) is 1. The molecule has 6 heteroatoms. The summed E-state index contributed by atoms with van der Waals surface area (Å²) >= 11 is 0. The number of benzene rings is 1. The van der Waals surface area contributed by atoms with Crippen molar-refractivity contribution in [2.45, 2.75) is 24.9 Å². The number of nitrogens with zero attached hydrogens (tertiary/aromatic N) is 1. The van der Waals surface area contributed by atoms with E-state index in [0.717, 1.165) is 0 Å². The monoisotopic (exact) mass is 279 g/mol. The standard InChI is InChI=1S/C14H14FNO4/c15-9-1-2-10-11(17)8-14(20-12(10)7-9)3-5-16(6-4-14)13(18)19/h1-2,7H,3-6,8H2,(H,18,19). The molecule has 2 aliphatic rings. The second kappa shape index (κ2) is 4.47. The van der Waals surface area contributed by atoms with Gasteiger partial charge in [0.1, 0.15) is 17.2 Å². The molecule has 1 spiro atoms. The topological polar surface area (TPSA) is 66.8 Å². The lowest BCUT2D eigenvalue weighted by atomic mass is 9.82. The van der Waals surface area contributed by atoms with Crippen molar-refractivity contribution >= 4 is 11.9 Å². The number of halogens is 1. The van der Waals surface area contributed by atoms with Crippen molar-refractivity contribution in [2.75, 3.05) is 13.1 Å². The van der Waals surface area contributed by atoms with E-state index in [-0.39, 0.29) is 18.0 Å². The fraction of sp³-hybridized carbons (Fsp3) is 0.429. The Kier molecular flexibility index (Phi) is 2.88. The van der Waals surface area contributed by atoms with Crippen LogP contribution in [0.1, 0.15) is 29.6 Å². The molecule has 1 fully saturated rings. The Morgan fingerprint density at radius 3 is 2.70 bits per heavy atom. The highest BCUT2D eigenvalue weighted by atomic mass is 19.1. The fourth-order valence-corrected chi connectivity index (χ4v) is 2.85. The normalized spacial score (nSPS) is 20.4. The number of carboxylic acid groups (broad SMARTS) is 1. The number of fused-ring (bicyclic) bond motifs is 1. The van der Waals surface area contributed by atoms with Gasteiger partial charge in [0.25, 0.3) is 0 Å². The number of piperidine rings is 1. The first-order valence-electron chi connectivity index (χ1n) is 6.49. The third kappa shape index (κ3) is 2.11. The van der Waals surface area contributed by atoms with E-state index in [1.807, 2.05) is 0 Å². The largest absolute Gasteiger partial charge is 0.486 e. The molecule has 0 aromatic heterocycles. The maximum absolute atomic E-state index is 13.3. The average molecular weight is 279 g/mol. The van der Waals surface area contributed by atoms with Crippen LogP contribution in [0.4, 0.5) is 9.18 Å². The first-order chi connectivity index (χ1) is 9.49. The Morgan fingerprint density at radius 2 is 2.05 bits per heavy atom. The fourth-order valence-electron chi connectivity index (χ4n) is 2.85. The van der Waals surface area contributed by atoms with E-state index in [1.165, 1.54) is 23.1 Å². The number of amides is 1. The number of hydrogen-bond acceptors (Lipinski definition) is 3. The summed E-state index contributed by atoms with van der Waals surface area (Å²) in [5, 5.41) is 8.94. The van der Waals surface area contributed by atoms with Gasteiger partial charge >= 0.3 is 6.09 Å². The SMILES string of the molecule is O=C1CC2(CCN(C(=O)O)CC2)Oc2cc(F)ccc21. The van der Waals surface area contributed by atoms with E-state index in [9.17, 15) is 14.0 Å². The van der Waals surface area contributed by atoms with E-state index in [0.29, 0.717) is 31.5 Å². The molecular weight excluding hydrogens is 265 g/mol. The molecule has 3 rings (SSSR count). The van der Waals surface area contributed by atoms with Crippen LogP contribution in [0.5, 0.6) is 5.75 Å². The molecule has 1 aromatic rings. The van der Waals surface area contributed by atoms with Gasteiger partial charge in [-0.05, 0) is 12.1 Å². The zero-order chi connectivity index (χ0) is 14.3. The zero-order valence-electron chi connectivity index (χ0n) is 10.8. The average Bonchev–Trinajstić information content (AvgIpc) is 2.38. The molecule has 0 radical (unpaired) electrons. The summed E-state index contributed by atoms with van der Waals surface area (Å²) in [6.07, 6.45) is 0.148. The Morgan fingerprint density at radius 1 is 1.35 bits per heavy atom. The lowest BCUT2D eigenvalue weighted by molar-refractivity contribution is -0.00538. The van der Waals surface area contributed by atoms with Crippen molar-refractivity contribution in [3.63, 3.8) is 0 Å². The van der Waals surface area contributed by atoms with E-state index in [2.05, 4.69) is 0 Å². The molecule has 5 nitrogen and oxygen atoms in total. The summed E-state index contributed by atoms with van der Waals surface area (Å²) in [7, 11) is 0. The van der Waals surface area contributed by atoms with Crippen molar-refractivity contribution in [3.8, 4) is 5.75 Å². The van der Waals surface area contributed by atoms with Crippen LogP contribution in [0.15, 0.2) is 18.2 Å². The van der Waals surface area contributed by atoms with Crippen LogP contribution in [-0.2, 0) is 0 Å². The molecule has 20 heavy (non-hydrogen) atoms. The smallest absolute Gasteiger partial charge is 0.407 e. The van der Waals surface area contributed by atoms with Crippen LogP contribution in [0.2, 0.25) is 0 Å². The van der Waals surface area contributed by atoms with Crippen molar-refractivity contribution in [1.82, 2.24) is 4.90 Å². The van der Waals surface area contributed by atoms with Crippen molar-refractivity contribution < 1.29 is 23.8 Å². The number of carbonyl (C=O) groups is 2. The molecule has 1 saturated heterocycles. The Labute approximate surface area is 114 Å². The highest BCUT2D eigenvalue weighted by Gasteiger charge is 2.43. The van der Waals surface area contributed by atoms with E-state index in [4.69, 9.17) is 9.84 Å². The van der Waals surface area contributed by atoms with Gasteiger partial charge in [-0.3, -0.25) is 4.79 Å². The van der Waals surface area contributed by atoms with Crippen molar-refractivity contribution in [3.05, 3.63) is 29.6 Å². The highest BCUT2D eigenvalue weighted by molar-refractivity contribution is 6.00. The van der Waals surface area contributed by atoms with E-state index < -0.39 is 17.5 Å². The Hall–Kier alpha value is -2.11. The van der Waals surface area contributed by atoms with E-state index >= 15 is 0 Å². The van der Waals surface area contributed by atoms with E-state index in [1.54, 1.807) is 0 Å². The first-order valence-corrected chi connectivity index (χ1v) is 6.49. The highest BCUT2D eigenvalue weighted by Crippen LogP contribution is 2.39. The van der Waals surface area contributed by atoms with Gasteiger partial charge in [-0.25, -0.2) is 9.18 Å². The lowest BCUT2D eigenvalue weighted by Crippen LogP contribution is -2.52. The molecule has 1 amide bonds. The molecule has 2 aliphatic heterocycles. The molecule has 106 valence electrons. The molecule has 0 atom stereocenters. The van der Waals surface area contributed by atoms with Crippen LogP contribution in [0, 0.1) is 5.82 Å². The van der Waals surface area contributed by atoms with Crippen molar-refractivity contribution in [2.24, 2.45) is 0 Å². The first kappa shape index (κ1) is 12.9. The molecule has 1 N–H and O–H groups in total. The zero-order valence-corrected chi connectivity index (χ0v) is 10.8. The summed E-state index contributed by atoms with van der Waals surface area (Å²) < 4.78 is 19.1. The number of rotatable bonds is 0. The predicted octanol–water partition coefficient (Wildman–Crippen LogP) is 2.30. The number of likely N-dealkylation sites (tertiary alicyclic amines) is 1. The lowest BCUT2D eigenvalue weighted by Gasteiger charge is -2.43. The van der Waals surface area contributed by atoms with Gasteiger partial charge in [-0.2, -0.15) is 0 Å². The van der Waals surface area contributed by atoms with Gasteiger partial charge < -0.3 is 14.7 Å². The predicted molar refractivity (Wildman–Crippen MR) is 67.5 cm³/mol. The number of carbonyl (C=O) groups excluding carboxylic acids is 1. The maximum Gasteiger partial charge on any atom is 0.407 e. The molecule has 2 heterocycles. The second-order valence-electron chi connectivity index (χ2n) is 5.30. The minimum atomic E-state index is -0.964. The van der Waals surface area contributed by atoms with Crippen LogP contribution in [0.3, 0.4) is 0 Å². The minimum absolute atomic E-state index is 0.0741. The summed E-state index contributed by atoms with van der Waals surface area (Å²) in [5.74, 6) is -0.253. The summed E-state index contributed by atoms with van der Waals surface area (Å²) in [5.41, 5.74) is -0.290. The number of Topliss-reactive ketones (excluding diaryl/α,β-unsaturated/α-hetero) is 1. The maximum atomic E-state index is 13.3. The van der Waals surface area contributed by atoms with Gasteiger partial charge in [-0.15, -0.1) is 0 Å². The summed E-state index contributed by atoms with van der Waals surface area (Å²) in [4.78, 5) is 24.4. The van der Waals surface area contributed by atoms with Crippen LogP contribution >= 0.6 is 0 Å². The quantitative estimate of drug-likeness (QED) is 0.791.